The molecule has 0 spiro atoms. The van der Waals surface area contributed by atoms with Crippen LogP contribution in [0.1, 0.15) is 24.3 Å². The molecule has 1 aromatic rings. The third kappa shape index (κ3) is 2.99. The normalized spacial score (nSPS) is 24.9. The smallest absolute Gasteiger partial charge is 0.0113 e. The molecule has 2 heterocycles. The van der Waals surface area contributed by atoms with Crippen molar-refractivity contribution in [2.75, 3.05) is 39.5 Å². The zero-order chi connectivity index (χ0) is 13.2. The van der Waals surface area contributed by atoms with E-state index in [1.165, 1.54) is 43.1 Å². The Morgan fingerprint density at radius 2 is 1.95 bits per heavy atom. The maximum absolute atomic E-state index is 2.67. The number of nitrogens with zero attached hydrogens (tertiary/aromatic N) is 2. The van der Waals surface area contributed by atoms with Gasteiger partial charge in [0.05, 0.1) is 0 Å². The molecule has 2 nitrogen and oxygen atoms in total. The molecule has 3 rings (SSSR count). The summed E-state index contributed by atoms with van der Waals surface area (Å²) in [5.41, 5.74) is 1.59. The number of likely N-dealkylation sites (tertiary alicyclic amines) is 1. The van der Waals surface area contributed by atoms with Crippen LogP contribution in [-0.2, 0) is 0 Å². The molecule has 1 saturated heterocycles. The van der Waals surface area contributed by atoms with Crippen LogP contribution in [0.2, 0.25) is 0 Å². The van der Waals surface area contributed by atoms with Gasteiger partial charge in [-0.1, -0.05) is 18.2 Å². The van der Waals surface area contributed by atoms with Crippen LogP contribution in [0, 0.1) is 0 Å². The van der Waals surface area contributed by atoms with Crippen LogP contribution in [0.15, 0.2) is 29.2 Å². The lowest BCUT2D eigenvalue weighted by molar-refractivity contribution is 0.141. The van der Waals surface area contributed by atoms with Gasteiger partial charge in [-0.05, 0) is 51.7 Å². The Morgan fingerprint density at radius 1 is 1.21 bits per heavy atom. The minimum absolute atomic E-state index is 0.747. The second-order valence-corrected chi connectivity index (χ2v) is 7.10. The van der Waals surface area contributed by atoms with Gasteiger partial charge in [-0.15, -0.1) is 11.8 Å². The van der Waals surface area contributed by atoms with E-state index in [0.29, 0.717) is 0 Å². The first-order valence-corrected chi connectivity index (χ1v) is 8.33. The summed E-state index contributed by atoms with van der Waals surface area (Å²) in [5, 5.41) is 0. The van der Waals surface area contributed by atoms with E-state index in [1.807, 2.05) is 11.8 Å². The largest absolute Gasteiger partial charge is 0.306 e. The number of benzene rings is 1. The molecule has 0 N–H and O–H groups in total. The molecular weight excluding hydrogens is 252 g/mol. The van der Waals surface area contributed by atoms with Crippen molar-refractivity contribution in [2.24, 2.45) is 0 Å². The van der Waals surface area contributed by atoms with Gasteiger partial charge in [-0.25, -0.2) is 0 Å². The van der Waals surface area contributed by atoms with E-state index in [-0.39, 0.29) is 0 Å². The summed E-state index contributed by atoms with van der Waals surface area (Å²) in [6, 6.07) is 9.75. The van der Waals surface area contributed by atoms with Crippen LogP contribution in [0.3, 0.4) is 0 Å². The molecule has 0 radical (unpaired) electrons. The highest BCUT2D eigenvalue weighted by atomic mass is 32.2. The quantitative estimate of drug-likeness (QED) is 0.838. The molecule has 1 fully saturated rings. The van der Waals surface area contributed by atoms with Crippen molar-refractivity contribution in [1.29, 1.82) is 0 Å². The first kappa shape index (κ1) is 13.5. The summed E-state index contributed by atoms with van der Waals surface area (Å²) in [6.45, 7) is 3.79. The van der Waals surface area contributed by atoms with Crippen molar-refractivity contribution in [2.45, 2.75) is 29.7 Å². The van der Waals surface area contributed by atoms with Crippen LogP contribution in [0.5, 0.6) is 0 Å². The van der Waals surface area contributed by atoms with Crippen LogP contribution >= 0.6 is 11.8 Å². The maximum atomic E-state index is 2.67. The monoisotopic (exact) mass is 276 g/mol. The van der Waals surface area contributed by atoms with E-state index in [4.69, 9.17) is 0 Å². The van der Waals surface area contributed by atoms with Crippen molar-refractivity contribution in [1.82, 2.24) is 9.80 Å². The molecule has 1 aromatic carbocycles. The van der Waals surface area contributed by atoms with Crippen LogP contribution in [0.25, 0.3) is 0 Å². The van der Waals surface area contributed by atoms with Gasteiger partial charge in [0.25, 0.3) is 0 Å². The highest BCUT2D eigenvalue weighted by Crippen LogP contribution is 2.39. The van der Waals surface area contributed by atoms with Crippen molar-refractivity contribution in [3.63, 3.8) is 0 Å². The van der Waals surface area contributed by atoms with Gasteiger partial charge < -0.3 is 9.80 Å². The van der Waals surface area contributed by atoms with Crippen LogP contribution in [0.4, 0.5) is 0 Å². The van der Waals surface area contributed by atoms with E-state index < -0.39 is 0 Å². The lowest BCUT2D eigenvalue weighted by atomic mass is 9.98. The Hall–Kier alpha value is -0.510. The molecular formula is C16H24N2S. The fourth-order valence-corrected chi connectivity index (χ4v) is 4.55. The maximum Gasteiger partial charge on any atom is 0.0113 e. The molecule has 1 atom stereocenters. The summed E-state index contributed by atoms with van der Waals surface area (Å²) in [4.78, 5) is 6.57. The van der Waals surface area contributed by atoms with Crippen molar-refractivity contribution >= 4 is 11.8 Å². The first-order chi connectivity index (χ1) is 9.24. The molecule has 0 saturated carbocycles. The summed E-state index contributed by atoms with van der Waals surface area (Å²) >= 11 is 2.04. The number of thioether (sulfide) groups is 1. The average molecular weight is 276 g/mol. The van der Waals surface area contributed by atoms with Gasteiger partial charge in [0.2, 0.25) is 0 Å². The number of fused-ring (bicyclic) bond motifs is 1. The molecule has 104 valence electrons. The highest BCUT2D eigenvalue weighted by Gasteiger charge is 2.27. The van der Waals surface area contributed by atoms with Crippen molar-refractivity contribution in [3.8, 4) is 0 Å². The lowest BCUT2D eigenvalue weighted by Crippen LogP contribution is -2.43. The number of rotatable bonds is 3. The zero-order valence-corrected chi connectivity index (χ0v) is 12.8. The molecule has 2 aliphatic heterocycles. The summed E-state index contributed by atoms with van der Waals surface area (Å²) in [5.74, 6) is 2.02. The first-order valence-electron chi connectivity index (χ1n) is 7.34. The lowest BCUT2D eigenvalue weighted by Gasteiger charge is -2.36. The Kier molecular flexibility index (Phi) is 4.15. The minimum atomic E-state index is 0.747. The third-order valence-electron chi connectivity index (χ3n) is 4.56. The van der Waals surface area contributed by atoms with Crippen molar-refractivity contribution in [3.05, 3.63) is 29.8 Å². The third-order valence-corrected chi connectivity index (χ3v) is 5.82. The van der Waals surface area contributed by atoms with E-state index in [1.54, 1.807) is 5.56 Å². The SMILES string of the molecule is CN(C)C1CCN(CC2CSc3ccccc32)CC1. The Morgan fingerprint density at radius 3 is 2.68 bits per heavy atom. The number of hydrogen-bond donors (Lipinski definition) is 0. The Bertz CT molecular complexity index is 425. The van der Waals surface area contributed by atoms with E-state index in [9.17, 15) is 0 Å². The van der Waals surface area contributed by atoms with E-state index >= 15 is 0 Å². The molecule has 0 aromatic heterocycles. The van der Waals surface area contributed by atoms with E-state index in [0.717, 1.165) is 12.0 Å². The molecule has 0 bridgehead atoms. The zero-order valence-electron chi connectivity index (χ0n) is 12.0. The average Bonchev–Trinajstić information content (AvgIpc) is 2.83. The second-order valence-electron chi connectivity index (χ2n) is 6.04. The topological polar surface area (TPSA) is 6.48 Å². The molecule has 2 aliphatic rings. The molecule has 19 heavy (non-hydrogen) atoms. The van der Waals surface area contributed by atoms with Gasteiger partial charge in [-0.2, -0.15) is 0 Å². The predicted octanol–water partition coefficient (Wildman–Crippen LogP) is 2.90. The fourth-order valence-electron chi connectivity index (χ4n) is 3.31. The van der Waals surface area contributed by atoms with Gasteiger partial charge in [0.1, 0.15) is 0 Å². The fraction of sp³-hybridized carbons (Fsp3) is 0.625. The summed E-state index contributed by atoms with van der Waals surface area (Å²) in [7, 11) is 4.42. The van der Waals surface area contributed by atoms with Gasteiger partial charge in [0, 0.05) is 29.2 Å². The van der Waals surface area contributed by atoms with Gasteiger partial charge in [0.15, 0.2) is 0 Å². The molecule has 0 amide bonds. The Balaban J connectivity index is 1.57. The van der Waals surface area contributed by atoms with Crippen LogP contribution < -0.4 is 0 Å². The molecule has 1 unspecified atom stereocenters. The number of hydrogen-bond acceptors (Lipinski definition) is 3. The molecule has 0 aliphatic carbocycles. The van der Waals surface area contributed by atoms with Crippen LogP contribution in [-0.4, -0.2) is 55.3 Å². The second kappa shape index (κ2) is 5.86. The standard InChI is InChI=1S/C16H24N2S/c1-17(2)14-7-9-18(10-8-14)11-13-12-19-16-6-4-3-5-15(13)16/h3-6,13-14H,7-12H2,1-2H3. The minimum Gasteiger partial charge on any atom is -0.306 e. The van der Waals surface area contributed by atoms with Gasteiger partial charge in [-0.3, -0.25) is 0 Å². The summed E-state index contributed by atoms with van der Waals surface area (Å²) < 4.78 is 0. The van der Waals surface area contributed by atoms with E-state index in [2.05, 4.69) is 48.2 Å². The number of piperidine rings is 1. The van der Waals surface area contributed by atoms with Gasteiger partial charge >= 0.3 is 0 Å². The predicted molar refractivity (Wildman–Crippen MR) is 83.1 cm³/mol. The summed E-state index contributed by atoms with van der Waals surface area (Å²) in [6.07, 6.45) is 2.66. The van der Waals surface area contributed by atoms with Crippen molar-refractivity contribution < 1.29 is 0 Å². The Labute approximate surface area is 121 Å². The highest BCUT2D eigenvalue weighted by molar-refractivity contribution is 7.99. The molecule has 3 heteroatoms.